The topological polar surface area (TPSA) is 101 Å². The van der Waals surface area contributed by atoms with E-state index in [4.69, 9.17) is 0 Å². The van der Waals surface area contributed by atoms with Crippen LogP contribution in [-0.2, 0) is 19.4 Å². The molecule has 0 saturated carbocycles. The van der Waals surface area contributed by atoms with Crippen LogP contribution in [-0.4, -0.2) is 48.7 Å². The molecule has 1 N–H and O–H groups in total. The van der Waals surface area contributed by atoms with E-state index in [9.17, 15) is 22.8 Å². The summed E-state index contributed by atoms with van der Waals surface area (Å²) in [5.74, 6) is -0.943. The van der Waals surface area contributed by atoms with Crippen molar-refractivity contribution in [3.8, 4) is 0 Å². The lowest BCUT2D eigenvalue weighted by Gasteiger charge is -2.14. The third-order valence-electron chi connectivity index (χ3n) is 4.35. The fourth-order valence-electron chi connectivity index (χ4n) is 2.83. The molecule has 1 fully saturated rings. The molecule has 2 heterocycles. The number of nitrogens with zero attached hydrogens (tertiary/aromatic N) is 1. The van der Waals surface area contributed by atoms with Crippen LogP contribution in [0.3, 0.4) is 0 Å². The van der Waals surface area contributed by atoms with Gasteiger partial charge < -0.3 is 5.32 Å². The molecular formula is C19H20N2O5S2. The van der Waals surface area contributed by atoms with Crippen molar-refractivity contribution in [3.05, 3.63) is 51.8 Å². The second-order valence-electron chi connectivity index (χ2n) is 6.92. The monoisotopic (exact) mass is 420 g/mol. The number of carbonyl (C=O) groups is 3. The highest BCUT2D eigenvalue weighted by atomic mass is 32.2. The molecule has 1 aromatic carbocycles. The molecule has 0 aliphatic carbocycles. The molecule has 7 nitrogen and oxygen atoms in total. The number of benzene rings is 1. The summed E-state index contributed by atoms with van der Waals surface area (Å²) in [6.07, 6.45) is 3.00. The first-order valence-electron chi connectivity index (χ1n) is 8.70. The van der Waals surface area contributed by atoms with Gasteiger partial charge in [0.15, 0.2) is 9.84 Å². The maximum atomic E-state index is 12.5. The lowest BCUT2D eigenvalue weighted by atomic mass is 10.0. The van der Waals surface area contributed by atoms with Crippen molar-refractivity contribution in [2.75, 3.05) is 12.3 Å². The van der Waals surface area contributed by atoms with Gasteiger partial charge in [-0.1, -0.05) is 38.1 Å². The van der Waals surface area contributed by atoms with Crippen molar-refractivity contribution < 1.29 is 22.8 Å². The minimum atomic E-state index is -3.30. The van der Waals surface area contributed by atoms with Gasteiger partial charge in [-0.2, -0.15) is 0 Å². The summed E-state index contributed by atoms with van der Waals surface area (Å²) in [7, 11) is -3.30. The number of carbonyl (C=O) groups excluding carboxylic acids is 3. The van der Waals surface area contributed by atoms with Crippen molar-refractivity contribution in [2.24, 2.45) is 0 Å². The zero-order valence-electron chi connectivity index (χ0n) is 15.4. The quantitative estimate of drug-likeness (QED) is 0.734. The molecule has 2 aliphatic rings. The molecule has 3 rings (SSSR count). The highest BCUT2D eigenvalue weighted by Crippen LogP contribution is 2.32. The normalized spacial score (nSPS) is 22.5. The molecule has 0 aromatic heterocycles. The smallest absolute Gasteiger partial charge is 0.294 e. The lowest BCUT2D eigenvalue weighted by Crippen LogP contribution is -2.43. The Balaban J connectivity index is 1.64. The van der Waals surface area contributed by atoms with E-state index in [1.807, 2.05) is 24.3 Å². The number of sulfone groups is 1. The molecule has 1 atom stereocenters. The summed E-state index contributed by atoms with van der Waals surface area (Å²) in [6.45, 7) is 3.73. The molecule has 3 amide bonds. The number of imide groups is 1. The van der Waals surface area contributed by atoms with Crippen molar-refractivity contribution in [1.82, 2.24) is 10.2 Å². The fraction of sp³-hybridized carbons (Fsp3) is 0.316. The Labute approximate surface area is 167 Å². The van der Waals surface area contributed by atoms with Crippen LogP contribution < -0.4 is 5.32 Å². The fourth-order valence-corrected chi connectivity index (χ4v) is 4.90. The Kier molecular flexibility index (Phi) is 5.76. The predicted octanol–water partition coefficient (Wildman–Crippen LogP) is 2.27. The summed E-state index contributed by atoms with van der Waals surface area (Å²) in [5, 5.41) is 3.02. The molecule has 2 aliphatic heterocycles. The first-order valence-corrected chi connectivity index (χ1v) is 11.2. The SMILES string of the molecule is CC(C)c1ccc(/C=C2\SC(=O)N(CC(=O)N[C@@H]3C=CS(=O)(=O)C3)C2=O)cc1. The van der Waals surface area contributed by atoms with Crippen molar-refractivity contribution in [2.45, 2.75) is 25.8 Å². The van der Waals surface area contributed by atoms with Gasteiger partial charge in [-0.25, -0.2) is 8.42 Å². The van der Waals surface area contributed by atoms with Crippen LogP contribution in [0.25, 0.3) is 6.08 Å². The Hall–Kier alpha value is -2.39. The van der Waals surface area contributed by atoms with Crippen LogP contribution in [0.15, 0.2) is 40.7 Å². The molecule has 0 radical (unpaired) electrons. The van der Waals surface area contributed by atoms with E-state index in [1.165, 1.54) is 11.6 Å². The Morgan fingerprint density at radius 2 is 1.96 bits per heavy atom. The molecule has 1 aromatic rings. The number of hydrogen-bond donors (Lipinski definition) is 1. The molecular weight excluding hydrogens is 400 g/mol. The summed E-state index contributed by atoms with van der Waals surface area (Å²) < 4.78 is 22.8. The highest BCUT2D eigenvalue weighted by molar-refractivity contribution is 8.18. The number of amides is 3. The van der Waals surface area contributed by atoms with Gasteiger partial charge in [0.25, 0.3) is 11.1 Å². The van der Waals surface area contributed by atoms with Crippen LogP contribution >= 0.6 is 11.8 Å². The van der Waals surface area contributed by atoms with E-state index < -0.39 is 39.5 Å². The third kappa shape index (κ3) is 4.71. The number of rotatable bonds is 5. The minimum absolute atomic E-state index is 0.215. The van der Waals surface area contributed by atoms with Crippen LogP contribution in [0.5, 0.6) is 0 Å². The Morgan fingerprint density at radius 3 is 2.54 bits per heavy atom. The first-order chi connectivity index (χ1) is 13.1. The molecule has 1 saturated heterocycles. The van der Waals surface area contributed by atoms with Gasteiger partial charge in [-0.3, -0.25) is 19.3 Å². The Bertz CT molecular complexity index is 978. The van der Waals surface area contributed by atoms with Gasteiger partial charge in [0, 0.05) is 5.41 Å². The standard InChI is InChI=1S/C19H20N2O5S2/c1-12(2)14-5-3-13(4-6-14)9-16-18(23)21(19(24)27-16)10-17(22)20-15-7-8-28(25,26)11-15/h3-9,12,15H,10-11H2,1-2H3,(H,20,22)/b16-9-/t15-/m1/s1. The predicted molar refractivity (Wildman–Crippen MR) is 108 cm³/mol. The summed E-state index contributed by atoms with van der Waals surface area (Å²) in [6, 6.07) is 7.05. The van der Waals surface area contributed by atoms with Gasteiger partial charge in [0.1, 0.15) is 6.54 Å². The number of hydrogen-bond acceptors (Lipinski definition) is 6. The van der Waals surface area contributed by atoms with E-state index >= 15 is 0 Å². The van der Waals surface area contributed by atoms with Gasteiger partial charge in [0.2, 0.25) is 5.91 Å². The molecule has 9 heteroatoms. The van der Waals surface area contributed by atoms with E-state index in [0.29, 0.717) is 5.92 Å². The average molecular weight is 421 g/mol. The van der Waals surface area contributed by atoms with Crippen molar-refractivity contribution in [3.63, 3.8) is 0 Å². The lowest BCUT2D eigenvalue weighted by molar-refractivity contribution is -0.129. The maximum absolute atomic E-state index is 12.5. The van der Waals surface area contributed by atoms with Crippen molar-refractivity contribution >= 4 is 44.7 Å². The van der Waals surface area contributed by atoms with Gasteiger partial charge in [0.05, 0.1) is 16.7 Å². The summed E-state index contributed by atoms with van der Waals surface area (Å²) in [5.41, 5.74) is 1.96. The van der Waals surface area contributed by atoms with E-state index in [-0.39, 0.29) is 10.7 Å². The van der Waals surface area contributed by atoms with E-state index in [1.54, 1.807) is 6.08 Å². The third-order valence-corrected chi connectivity index (χ3v) is 6.66. The minimum Gasteiger partial charge on any atom is -0.347 e. The number of thioether (sulfide) groups is 1. The first kappa shape index (κ1) is 20.3. The van der Waals surface area contributed by atoms with Crippen LogP contribution in [0.4, 0.5) is 4.79 Å². The second kappa shape index (κ2) is 7.92. The zero-order valence-corrected chi connectivity index (χ0v) is 17.0. The van der Waals surface area contributed by atoms with E-state index in [2.05, 4.69) is 19.2 Å². The summed E-state index contributed by atoms with van der Waals surface area (Å²) in [4.78, 5) is 37.9. The van der Waals surface area contributed by atoms with Gasteiger partial charge >= 0.3 is 0 Å². The van der Waals surface area contributed by atoms with Crippen LogP contribution in [0.1, 0.15) is 30.9 Å². The molecule has 0 bridgehead atoms. The Morgan fingerprint density at radius 1 is 1.29 bits per heavy atom. The van der Waals surface area contributed by atoms with Gasteiger partial charge in [-0.05, 0) is 41.0 Å². The second-order valence-corrected chi connectivity index (χ2v) is 9.85. The zero-order chi connectivity index (χ0) is 20.5. The van der Waals surface area contributed by atoms with Crippen molar-refractivity contribution in [1.29, 1.82) is 0 Å². The molecule has 0 unspecified atom stereocenters. The molecule has 148 valence electrons. The molecule has 0 spiro atoms. The van der Waals surface area contributed by atoms with Gasteiger partial charge in [-0.15, -0.1) is 0 Å². The molecule has 28 heavy (non-hydrogen) atoms. The van der Waals surface area contributed by atoms with Crippen LogP contribution in [0.2, 0.25) is 0 Å². The van der Waals surface area contributed by atoms with E-state index in [0.717, 1.165) is 27.6 Å². The van der Waals surface area contributed by atoms with Crippen LogP contribution in [0, 0.1) is 0 Å². The maximum Gasteiger partial charge on any atom is 0.294 e. The largest absolute Gasteiger partial charge is 0.347 e. The highest BCUT2D eigenvalue weighted by Gasteiger charge is 2.36. The average Bonchev–Trinajstić information content (AvgIpc) is 3.08. The summed E-state index contributed by atoms with van der Waals surface area (Å²) >= 11 is 0.780. The number of nitrogens with one attached hydrogen (secondary N) is 1.